The maximum atomic E-state index is 11.3. The van der Waals surface area contributed by atoms with Crippen molar-refractivity contribution in [2.75, 3.05) is 20.2 Å². The number of hydrogen-bond acceptors (Lipinski definition) is 3. The Balaban J connectivity index is 2.33. The molecule has 1 saturated heterocycles. The van der Waals surface area contributed by atoms with Crippen molar-refractivity contribution < 1.29 is 14.3 Å². The zero-order chi connectivity index (χ0) is 11.3. The van der Waals surface area contributed by atoms with Gasteiger partial charge in [-0.05, 0) is 19.3 Å². The Morgan fingerprint density at radius 3 is 2.80 bits per heavy atom. The van der Waals surface area contributed by atoms with Gasteiger partial charge in [0.2, 0.25) is 5.91 Å². The monoisotopic (exact) mass is 213 g/mol. The Morgan fingerprint density at radius 2 is 2.33 bits per heavy atom. The predicted octanol–water partition coefficient (Wildman–Crippen LogP) is 1.20. The van der Waals surface area contributed by atoms with Gasteiger partial charge in [0, 0.05) is 19.5 Å². The Bertz CT molecular complexity index is 240. The maximum absolute atomic E-state index is 11.3. The van der Waals surface area contributed by atoms with Crippen molar-refractivity contribution in [1.29, 1.82) is 0 Å². The zero-order valence-corrected chi connectivity index (χ0v) is 9.49. The highest BCUT2D eigenvalue weighted by molar-refractivity contribution is 5.78. The quantitative estimate of drug-likeness (QED) is 0.645. The van der Waals surface area contributed by atoms with E-state index < -0.39 is 0 Å². The van der Waals surface area contributed by atoms with Gasteiger partial charge in [0.15, 0.2) is 0 Å². The molecule has 1 heterocycles. The van der Waals surface area contributed by atoms with Crippen LogP contribution in [0.15, 0.2) is 0 Å². The molecule has 1 atom stereocenters. The van der Waals surface area contributed by atoms with E-state index in [0.29, 0.717) is 13.0 Å². The molecule has 1 fully saturated rings. The minimum Gasteiger partial charge on any atom is -0.469 e. The van der Waals surface area contributed by atoms with E-state index in [1.165, 1.54) is 7.11 Å². The van der Waals surface area contributed by atoms with Gasteiger partial charge in [-0.15, -0.1) is 0 Å². The van der Waals surface area contributed by atoms with Gasteiger partial charge in [-0.1, -0.05) is 6.92 Å². The van der Waals surface area contributed by atoms with Crippen molar-refractivity contribution in [1.82, 2.24) is 4.90 Å². The summed E-state index contributed by atoms with van der Waals surface area (Å²) in [5.74, 6) is -0.0118. The van der Waals surface area contributed by atoms with Crippen molar-refractivity contribution in [3.8, 4) is 0 Å². The molecule has 1 aliphatic rings. The highest BCUT2D eigenvalue weighted by Gasteiger charge is 2.23. The van der Waals surface area contributed by atoms with Crippen LogP contribution in [0.5, 0.6) is 0 Å². The molecule has 1 amide bonds. The fourth-order valence-corrected chi connectivity index (χ4v) is 1.91. The number of hydrogen-bond donors (Lipinski definition) is 0. The van der Waals surface area contributed by atoms with Crippen LogP contribution in [0.25, 0.3) is 0 Å². The molecule has 15 heavy (non-hydrogen) atoms. The molecular weight excluding hydrogens is 194 g/mol. The van der Waals surface area contributed by atoms with Gasteiger partial charge in [-0.3, -0.25) is 9.59 Å². The molecule has 0 N–H and O–H groups in total. The minimum atomic E-state index is -0.163. The van der Waals surface area contributed by atoms with Crippen molar-refractivity contribution in [3.05, 3.63) is 0 Å². The highest BCUT2D eigenvalue weighted by atomic mass is 16.5. The normalized spacial score (nSPS) is 18.0. The minimum absolute atomic E-state index is 0.0663. The van der Waals surface area contributed by atoms with Gasteiger partial charge >= 0.3 is 5.97 Å². The standard InChI is InChI=1S/C11H19NO3/c1-3-9(11(14)15-2)6-8-12-7-4-5-10(12)13/h9H,3-8H2,1-2H3. The second-order valence-electron chi connectivity index (χ2n) is 3.90. The molecule has 1 unspecified atom stereocenters. The molecule has 0 aromatic rings. The molecule has 0 radical (unpaired) electrons. The molecule has 4 nitrogen and oxygen atoms in total. The smallest absolute Gasteiger partial charge is 0.308 e. The van der Waals surface area contributed by atoms with E-state index in [1.54, 1.807) is 0 Å². The van der Waals surface area contributed by atoms with Crippen LogP contribution in [0.3, 0.4) is 0 Å². The second-order valence-corrected chi connectivity index (χ2v) is 3.90. The summed E-state index contributed by atoms with van der Waals surface area (Å²) in [7, 11) is 1.41. The predicted molar refractivity (Wildman–Crippen MR) is 56.2 cm³/mol. The van der Waals surface area contributed by atoms with E-state index in [9.17, 15) is 9.59 Å². The number of ether oxygens (including phenoxy) is 1. The summed E-state index contributed by atoms with van der Waals surface area (Å²) in [4.78, 5) is 24.5. The summed E-state index contributed by atoms with van der Waals surface area (Å²) in [5, 5.41) is 0. The molecule has 0 saturated carbocycles. The van der Waals surface area contributed by atoms with E-state index in [0.717, 1.165) is 25.8 Å². The first-order chi connectivity index (χ1) is 7.19. The van der Waals surface area contributed by atoms with Crippen molar-refractivity contribution in [2.24, 2.45) is 5.92 Å². The van der Waals surface area contributed by atoms with Gasteiger partial charge in [-0.2, -0.15) is 0 Å². The van der Waals surface area contributed by atoms with E-state index in [4.69, 9.17) is 4.74 Å². The Morgan fingerprint density at radius 1 is 1.60 bits per heavy atom. The average Bonchev–Trinajstić information content (AvgIpc) is 2.65. The van der Waals surface area contributed by atoms with E-state index in [1.807, 2.05) is 11.8 Å². The number of rotatable bonds is 5. The number of carbonyl (C=O) groups excluding carboxylic acids is 2. The van der Waals surface area contributed by atoms with Gasteiger partial charge in [0.1, 0.15) is 0 Å². The molecule has 0 spiro atoms. The van der Waals surface area contributed by atoms with Crippen LogP contribution in [0.4, 0.5) is 0 Å². The summed E-state index contributed by atoms with van der Waals surface area (Å²) >= 11 is 0. The number of nitrogens with zero attached hydrogens (tertiary/aromatic N) is 1. The SMILES string of the molecule is CCC(CCN1CCCC1=O)C(=O)OC. The first-order valence-corrected chi connectivity index (χ1v) is 5.54. The van der Waals surface area contributed by atoms with Crippen molar-refractivity contribution in [2.45, 2.75) is 32.6 Å². The molecule has 0 bridgehead atoms. The molecule has 0 aromatic heterocycles. The van der Waals surface area contributed by atoms with Crippen LogP contribution in [0.2, 0.25) is 0 Å². The first kappa shape index (κ1) is 12.0. The lowest BCUT2D eigenvalue weighted by Gasteiger charge is -2.18. The van der Waals surface area contributed by atoms with Gasteiger partial charge in [0.25, 0.3) is 0 Å². The molecule has 1 aliphatic heterocycles. The summed E-state index contributed by atoms with van der Waals surface area (Å²) in [6, 6.07) is 0. The van der Waals surface area contributed by atoms with Crippen molar-refractivity contribution in [3.63, 3.8) is 0 Å². The lowest BCUT2D eigenvalue weighted by Crippen LogP contribution is -2.29. The zero-order valence-electron chi connectivity index (χ0n) is 9.49. The van der Waals surface area contributed by atoms with E-state index >= 15 is 0 Å². The molecular formula is C11H19NO3. The van der Waals surface area contributed by atoms with E-state index in [-0.39, 0.29) is 17.8 Å². The van der Waals surface area contributed by atoms with Crippen LogP contribution in [-0.2, 0) is 14.3 Å². The largest absolute Gasteiger partial charge is 0.469 e. The molecule has 4 heteroatoms. The number of esters is 1. The lowest BCUT2D eigenvalue weighted by atomic mass is 10.0. The van der Waals surface area contributed by atoms with Gasteiger partial charge in [0.05, 0.1) is 13.0 Å². The third kappa shape index (κ3) is 3.22. The van der Waals surface area contributed by atoms with Gasteiger partial charge < -0.3 is 9.64 Å². The number of likely N-dealkylation sites (tertiary alicyclic amines) is 1. The first-order valence-electron chi connectivity index (χ1n) is 5.54. The summed E-state index contributed by atoms with van der Waals surface area (Å²) in [6.07, 6.45) is 3.10. The van der Waals surface area contributed by atoms with Gasteiger partial charge in [-0.25, -0.2) is 0 Å². The third-order valence-electron chi connectivity index (χ3n) is 2.95. The topological polar surface area (TPSA) is 46.6 Å². The molecule has 0 aliphatic carbocycles. The van der Waals surface area contributed by atoms with Crippen LogP contribution in [0, 0.1) is 5.92 Å². The fourth-order valence-electron chi connectivity index (χ4n) is 1.91. The molecule has 86 valence electrons. The second kappa shape index (κ2) is 5.73. The summed E-state index contributed by atoms with van der Waals surface area (Å²) in [5.41, 5.74) is 0. The number of methoxy groups -OCH3 is 1. The summed E-state index contributed by atoms with van der Waals surface area (Å²) in [6.45, 7) is 3.50. The Kier molecular flexibility index (Phi) is 4.59. The maximum Gasteiger partial charge on any atom is 0.308 e. The highest BCUT2D eigenvalue weighted by Crippen LogP contribution is 2.15. The number of amides is 1. The van der Waals surface area contributed by atoms with E-state index in [2.05, 4.69) is 0 Å². The fraction of sp³-hybridized carbons (Fsp3) is 0.818. The number of carbonyl (C=O) groups is 2. The Labute approximate surface area is 90.6 Å². The summed E-state index contributed by atoms with van der Waals surface area (Å²) < 4.78 is 4.70. The molecule has 1 rings (SSSR count). The van der Waals surface area contributed by atoms with Crippen molar-refractivity contribution >= 4 is 11.9 Å². The van der Waals surface area contributed by atoms with Crippen LogP contribution < -0.4 is 0 Å². The third-order valence-corrected chi connectivity index (χ3v) is 2.95. The van der Waals surface area contributed by atoms with Crippen LogP contribution >= 0.6 is 0 Å². The lowest BCUT2D eigenvalue weighted by molar-refractivity contribution is -0.146. The van der Waals surface area contributed by atoms with Crippen LogP contribution in [-0.4, -0.2) is 37.0 Å². The van der Waals surface area contributed by atoms with Crippen LogP contribution in [0.1, 0.15) is 32.6 Å². The Hall–Kier alpha value is -1.06. The molecule has 0 aromatic carbocycles. The average molecular weight is 213 g/mol.